The highest BCUT2D eigenvalue weighted by Crippen LogP contribution is 2.28. The lowest BCUT2D eigenvalue weighted by atomic mass is 9.86. The number of aliphatic hydroxyl groups is 1. The zero-order valence-corrected chi connectivity index (χ0v) is 22.6. The van der Waals surface area contributed by atoms with Gasteiger partial charge in [0, 0.05) is 31.8 Å². The molecule has 0 aromatic heterocycles. The Hall–Kier alpha value is -2.90. The van der Waals surface area contributed by atoms with Crippen molar-refractivity contribution in [3.05, 3.63) is 70.3 Å². The van der Waals surface area contributed by atoms with Crippen LogP contribution in [0.15, 0.2) is 59.5 Å². The molecule has 1 aliphatic rings. The molecule has 0 unspecified atom stereocenters. The van der Waals surface area contributed by atoms with E-state index in [9.17, 15) is 28.4 Å². The Bertz CT molecular complexity index is 1180. The number of amides is 1. The molecular formula is C26H35N3O8S. The van der Waals surface area contributed by atoms with E-state index in [0.717, 1.165) is 16.4 Å². The molecule has 208 valence electrons. The molecule has 2 N–H and O–H groups in total. The van der Waals surface area contributed by atoms with E-state index in [-0.39, 0.29) is 42.3 Å². The fourth-order valence-electron chi connectivity index (χ4n) is 4.24. The van der Waals surface area contributed by atoms with Gasteiger partial charge in [0.05, 0.1) is 34.2 Å². The number of rotatable bonds is 13. The third-order valence-electron chi connectivity index (χ3n) is 6.41. The molecule has 0 radical (unpaired) electrons. The van der Waals surface area contributed by atoms with Gasteiger partial charge in [0.15, 0.2) is 0 Å². The number of nitro groups is 1. The van der Waals surface area contributed by atoms with Crippen LogP contribution in [0.5, 0.6) is 0 Å². The van der Waals surface area contributed by atoms with Crippen LogP contribution >= 0.6 is 0 Å². The Morgan fingerprint density at radius 1 is 1.21 bits per heavy atom. The molecule has 1 aliphatic heterocycles. The predicted octanol–water partition coefficient (Wildman–Crippen LogP) is 2.44. The summed E-state index contributed by atoms with van der Waals surface area (Å²) in [5.41, 5.74) is -0.999. The zero-order chi connectivity index (χ0) is 27.9. The summed E-state index contributed by atoms with van der Waals surface area (Å²) in [7, 11) is -4.13. The van der Waals surface area contributed by atoms with Crippen molar-refractivity contribution in [3.63, 3.8) is 0 Å². The van der Waals surface area contributed by atoms with Crippen molar-refractivity contribution in [1.82, 2.24) is 9.62 Å². The quantitative estimate of drug-likeness (QED) is 0.286. The van der Waals surface area contributed by atoms with Gasteiger partial charge in [-0.1, -0.05) is 44.2 Å². The Balaban J connectivity index is 1.86. The third-order valence-corrected chi connectivity index (χ3v) is 8.25. The minimum atomic E-state index is -4.13. The van der Waals surface area contributed by atoms with Crippen LogP contribution < -0.4 is 5.32 Å². The normalized spacial score (nSPS) is 18.3. The maximum atomic E-state index is 13.5. The first-order valence-corrected chi connectivity index (χ1v) is 13.9. The predicted molar refractivity (Wildman–Crippen MR) is 140 cm³/mol. The van der Waals surface area contributed by atoms with Gasteiger partial charge >= 0.3 is 0 Å². The maximum Gasteiger partial charge on any atom is 0.269 e. The summed E-state index contributed by atoms with van der Waals surface area (Å²) in [4.78, 5) is 23.2. The molecule has 0 saturated carbocycles. The number of aliphatic hydroxyl groups excluding tert-OH is 1. The summed E-state index contributed by atoms with van der Waals surface area (Å²) in [6.45, 7) is 5.81. The van der Waals surface area contributed by atoms with E-state index in [0.29, 0.717) is 25.2 Å². The summed E-state index contributed by atoms with van der Waals surface area (Å²) in [5.74, 6) is -0.550. The number of hydrogen-bond donors (Lipinski definition) is 2. The molecule has 1 heterocycles. The van der Waals surface area contributed by atoms with Crippen LogP contribution in [0.2, 0.25) is 0 Å². The molecule has 0 bridgehead atoms. The zero-order valence-electron chi connectivity index (χ0n) is 21.8. The second kappa shape index (κ2) is 12.8. The molecule has 0 spiro atoms. The Morgan fingerprint density at radius 3 is 2.42 bits per heavy atom. The van der Waals surface area contributed by atoms with Gasteiger partial charge in [0.1, 0.15) is 6.61 Å². The summed E-state index contributed by atoms with van der Waals surface area (Å²) >= 11 is 0. The van der Waals surface area contributed by atoms with Gasteiger partial charge in [-0.15, -0.1) is 0 Å². The highest BCUT2D eigenvalue weighted by molar-refractivity contribution is 7.89. The molecule has 11 nitrogen and oxygen atoms in total. The van der Waals surface area contributed by atoms with Crippen molar-refractivity contribution in [2.75, 3.05) is 32.9 Å². The molecule has 1 amide bonds. The number of non-ortho nitro benzene ring substituents is 1. The van der Waals surface area contributed by atoms with E-state index >= 15 is 0 Å². The largest absolute Gasteiger partial charge is 0.389 e. The number of carbonyl (C=O) groups is 1. The standard InChI is InChI=1S/C26H35N3O8S/c1-19(2)15-28(38(34,35)23-11-9-21(10-12-23)29(32)33)16-24(30)26(3,20-7-5-4-6-8-20)27-25(31)18-37-22-13-14-36-17-22/h4-12,19,22,24,30H,13-18H2,1-3H3,(H,27,31)/t22-,24+,26-/m0/s1. The number of benzene rings is 2. The van der Waals surface area contributed by atoms with Gasteiger partial charge in [-0.3, -0.25) is 14.9 Å². The van der Waals surface area contributed by atoms with Crippen molar-refractivity contribution < 1.29 is 32.7 Å². The van der Waals surface area contributed by atoms with Gasteiger partial charge in [-0.05, 0) is 37.0 Å². The summed E-state index contributed by atoms with van der Waals surface area (Å²) in [6, 6.07) is 13.4. The van der Waals surface area contributed by atoms with Crippen LogP contribution in [0, 0.1) is 16.0 Å². The number of sulfonamides is 1. The first-order valence-electron chi connectivity index (χ1n) is 12.4. The topological polar surface area (TPSA) is 148 Å². The van der Waals surface area contributed by atoms with E-state index in [1.165, 1.54) is 12.1 Å². The van der Waals surface area contributed by atoms with Crippen LogP contribution in [0.25, 0.3) is 0 Å². The first-order chi connectivity index (χ1) is 17.9. The lowest BCUT2D eigenvalue weighted by molar-refractivity contribution is -0.384. The fraction of sp³-hybridized carbons (Fsp3) is 0.500. The Labute approximate surface area is 222 Å². The van der Waals surface area contributed by atoms with E-state index in [4.69, 9.17) is 9.47 Å². The maximum absolute atomic E-state index is 13.5. The van der Waals surface area contributed by atoms with Crippen molar-refractivity contribution in [2.45, 2.75) is 49.8 Å². The number of hydrogen-bond acceptors (Lipinski definition) is 8. The molecule has 12 heteroatoms. The molecule has 38 heavy (non-hydrogen) atoms. The van der Waals surface area contributed by atoms with Gasteiger partial charge in [-0.2, -0.15) is 4.31 Å². The molecule has 1 saturated heterocycles. The molecule has 2 aromatic rings. The van der Waals surface area contributed by atoms with Crippen molar-refractivity contribution in [1.29, 1.82) is 0 Å². The first kappa shape index (κ1) is 29.7. The SMILES string of the molecule is CC(C)CN(C[C@@H](O)[C@@](C)(NC(=O)CO[C@H]1CCOC1)c1ccccc1)S(=O)(=O)c1ccc([N+](=O)[O-])cc1. The van der Waals surface area contributed by atoms with Crippen LogP contribution in [-0.4, -0.2) is 73.8 Å². The molecule has 2 aromatic carbocycles. The van der Waals surface area contributed by atoms with Crippen LogP contribution in [0.4, 0.5) is 5.69 Å². The number of ether oxygens (including phenoxy) is 2. The molecule has 3 rings (SSSR count). The minimum absolute atomic E-state index is 0.0833. The van der Waals surface area contributed by atoms with E-state index in [1.54, 1.807) is 37.3 Å². The summed E-state index contributed by atoms with van der Waals surface area (Å²) < 4.78 is 39.1. The van der Waals surface area contributed by atoms with Crippen molar-refractivity contribution in [3.8, 4) is 0 Å². The third kappa shape index (κ3) is 7.35. The molecule has 1 fully saturated rings. The van der Waals surface area contributed by atoms with Crippen LogP contribution in [0.3, 0.4) is 0 Å². The summed E-state index contributed by atoms with van der Waals surface area (Å²) in [5, 5.41) is 25.3. The van der Waals surface area contributed by atoms with Crippen LogP contribution in [-0.2, 0) is 29.8 Å². The number of nitro benzene ring substituents is 1. The molecule has 0 aliphatic carbocycles. The highest BCUT2D eigenvalue weighted by Gasteiger charge is 2.40. The van der Waals surface area contributed by atoms with E-state index in [1.807, 2.05) is 13.8 Å². The number of carbonyl (C=O) groups excluding carboxylic acids is 1. The van der Waals surface area contributed by atoms with Crippen molar-refractivity contribution in [2.24, 2.45) is 5.92 Å². The molecular weight excluding hydrogens is 514 g/mol. The Morgan fingerprint density at radius 2 is 1.87 bits per heavy atom. The monoisotopic (exact) mass is 549 g/mol. The van der Waals surface area contributed by atoms with E-state index < -0.39 is 32.5 Å². The smallest absolute Gasteiger partial charge is 0.269 e. The minimum Gasteiger partial charge on any atom is -0.389 e. The van der Waals surface area contributed by atoms with Gasteiger partial charge in [0.25, 0.3) is 5.69 Å². The summed E-state index contributed by atoms with van der Waals surface area (Å²) in [6.07, 6.45) is -0.839. The number of nitrogens with one attached hydrogen (secondary N) is 1. The van der Waals surface area contributed by atoms with E-state index in [2.05, 4.69) is 5.32 Å². The average Bonchev–Trinajstić information content (AvgIpc) is 3.41. The average molecular weight is 550 g/mol. The van der Waals surface area contributed by atoms with Crippen LogP contribution in [0.1, 0.15) is 32.8 Å². The van der Waals surface area contributed by atoms with Gasteiger partial charge < -0.3 is 19.9 Å². The van der Waals surface area contributed by atoms with Gasteiger partial charge in [-0.25, -0.2) is 8.42 Å². The van der Waals surface area contributed by atoms with Gasteiger partial charge in [0.2, 0.25) is 15.9 Å². The second-order valence-electron chi connectivity index (χ2n) is 9.90. The highest BCUT2D eigenvalue weighted by atomic mass is 32.2. The molecule has 3 atom stereocenters. The Kier molecular flexibility index (Phi) is 9.96. The lowest BCUT2D eigenvalue weighted by Crippen LogP contribution is -2.57. The van der Waals surface area contributed by atoms with Crippen molar-refractivity contribution >= 4 is 21.6 Å². The second-order valence-corrected chi connectivity index (χ2v) is 11.8. The lowest BCUT2D eigenvalue weighted by Gasteiger charge is -2.38. The fourth-order valence-corrected chi connectivity index (χ4v) is 5.85. The number of nitrogens with zero attached hydrogens (tertiary/aromatic N) is 2.